The summed E-state index contributed by atoms with van der Waals surface area (Å²) in [5.41, 5.74) is 3.06. The van der Waals surface area contributed by atoms with Crippen LogP contribution >= 0.6 is 27.5 Å². The van der Waals surface area contributed by atoms with E-state index in [2.05, 4.69) is 20.9 Å². The van der Waals surface area contributed by atoms with Gasteiger partial charge in [0.15, 0.2) is 0 Å². The number of pyridine rings is 1. The van der Waals surface area contributed by atoms with Gasteiger partial charge in [-0.3, -0.25) is 15.7 Å². The second-order valence-electron chi connectivity index (χ2n) is 3.10. The Balaban J connectivity index is 2.75. The topological polar surface area (TPSA) is 54.4 Å². The van der Waals surface area contributed by atoms with Crippen LogP contribution in [0, 0.1) is 0 Å². The molecule has 0 bridgehead atoms. The van der Waals surface area contributed by atoms with Gasteiger partial charge in [0, 0.05) is 11.5 Å². The first-order chi connectivity index (χ1) is 7.67. The first kappa shape index (κ1) is 11.4. The Hall–Kier alpha value is -1.04. The number of hydrogen-bond acceptors (Lipinski definition) is 4. The van der Waals surface area contributed by atoms with E-state index < -0.39 is 0 Å². The summed E-state index contributed by atoms with van der Waals surface area (Å²) in [6.07, 6.45) is 1.46. The molecule has 0 amide bonds. The average Bonchev–Trinajstić information content (AvgIpc) is 2.30. The molecule has 2 aromatic rings. The summed E-state index contributed by atoms with van der Waals surface area (Å²) in [4.78, 5) is 4.15. The van der Waals surface area contributed by atoms with Crippen molar-refractivity contribution in [3.8, 4) is 5.75 Å². The molecular formula is C10H8BrClN2O2. The monoisotopic (exact) mass is 302 g/mol. The largest absolute Gasteiger partial charge is 0.495 e. The molecule has 0 spiro atoms. The first-order valence-corrected chi connectivity index (χ1v) is 5.56. The van der Waals surface area contributed by atoms with Gasteiger partial charge in [-0.1, -0.05) is 11.6 Å². The fourth-order valence-electron chi connectivity index (χ4n) is 1.40. The molecule has 84 valence electrons. The highest BCUT2D eigenvalue weighted by Gasteiger charge is 2.10. The number of ether oxygens (including phenoxy) is 1. The van der Waals surface area contributed by atoms with Crippen molar-refractivity contribution in [2.24, 2.45) is 0 Å². The van der Waals surface area contributed by atoms with E-state index in [0.717, 1.165) is 9.86 Å². The zero-order valence-electron chi connectivity index (χ0n) is 8.29. The molecule has 0 aliphatic rings. The van der Waals surface area contributed by atoms with Gasteiger partial charge >= 0.3 is 0 Å². The molecule has 0 fully saturated rings. The second kappa shape index (κ2) is 4.45. The predicted octanol–water partition coefficient (Wildman–Crippen LogP) is 3.46. The van der Waals surface area contributed by atoms with Crippen molar-refractivity contribution in [1.82, 2.24) is 4.98 Å². The van der Waals surface area contributed by atoms with Gasteiger partial charge in [-0.05, 0) is 22.0 Å². The van der Waals surface area contributed by atoms with E-state index in [4.69, 9.17) is 21.5 Å². The van der Waals surface area contributed by atoms with Crippen molar-refractivity contribution in [1.29, 1.82) is 0 Å². The average molecular weight is 304 g/mol. The maximum atomic E-state index is 8.84. The number of methoxy groups -OCH3 is 1. The van der Waals surface area contributed by atoms with Crippen molar-refractivity contribution < 1.29 is 9.94 Å². The highest BCUT2D eigenvalue weighted by atomic mass is 79.9. The number of fused-ring (bicyclic) bond motifs is 1. The zero-order valence-corrected chi connectivity index (χ0v) is 10.6. The lowest BCUT2D eigenvalue weighted by Gasteiger charge is -2.08. The molecule has 0 unspecified atom stereocenters. The normalized spacial score (nSPS) is 10.5. The number of rotatable bonds is 2. The molecule has 0 radical (unpaired) electrons. The summed E-state index contributed by atoms with van der Waals surface area (Å²) in [6.45, 7) is 0. The number of halogens is 2. The van der Waals surface area contributed by atoms with E-state index in [1.807, 2.05) is 5.48 Å². The van der Waals surface area contributed by atoms with Crippen LogP contribution in [-0.4, -0.2) is 17.3 Å². The summed E-state index contributed by atoms with van der Waals surface area (Å²) in [6, 6.07) is 3.57. The molecule has 2 rings (SSSR count). The molecule has 0 saturated heterocycles. The molecule has 6 heteroatoms. The molecular weight excluding hydrogens is 295 g/mol. The number of benzene rings is 1. The van der Waals surface area contributed by atoms with Crippen molar-refractivity contribution in [3.63, 3.8) is 0 Å². The molecule has 0 aliphatic carbocycles. The van der Waals surface area contributed by atoms with Crippen LogP contribution in [0.2, 0.25) is 5.02 Å². The Kier molecular flexibility index (Phi) is 3.18. The Morgan fingerprint density at radius 3 is 2.88 bits per heavy atom. The Bertz CT molecular complexity index is 546. The molecule has 4 nitrogen and oxygen atoms in total. The molecule has 0 aliphatic heterocycles. The van der Waals surface area contributed by atoms with Crippen LogP contribution in [0.4, 0.5) is 5.69 Å². The summed E-state index contributed by atoms with van der Waals surface area (Å²) in [5.74, 6) is 0.681. The van der Waals surface area contributed by atoms with Crippen LogP contribution in [0.1, 0.15) is 0 Å². The summed E-state index contributed by atoms with van der Waals surface area (Å²) >= 11 is 9.45. The van der Waals surface area contributed by atoms with Crippen LogP contribution < -0.4 is 10.2 Å². The number of aromatic nitrogens is 1. The highest BCUT2D eigenvalue weighted by molar-refractivity contribution is 9.10. The summed E-state index contributed by atoms with van der Waals surface area (Å²) in [5, 5.41) is 9.98. The van der Waals surface area contributed by atoms with E-state index in [9.17, 15) is 0 Å². The van der Waals surface area contributed by atoms with Crippen LogP contribution in [0.5, 0.6) is 5.75 Å². The third-order valence-electron chi connectivity index (χ3n) is 2.20. The van der Waals surface area contributed by atoms with Gasteiger partial charge in [0.1, 0.15) is 5.75 Å². The molecule has 1 aromatic heterocycles. The predicted molar refractivity (Wildman–Crippen MR) is 66.4 cm³/mol. The van der Waals surface area contributed by atoms with Crippen LogP contribution in [0.3, 0.4) is 0 Å². The fraction of sp³-hybridized carbons (Fsp3) is 0.100. The Labute approximate surface area is 105 Å². The highest BCUT2D eigenvalue weighted by Crippen LogP contribution is 2.35. The van der Waals surface area contributed by atoms with Gasteiger partial charge in [0.05, 0.1) is 34.0 Å². The first-order valence-electron chi connectivity index (χ1n) is 4.39. The second-order valence-corrected chi connectivity index (χ2v) is 4.33. The SMILES string of the molecule is COc1cc2ncc(NO)c(Cl)c2cc1Br. The smallest absolute Gasteiger partial charge is 0.135 e. The Morgan fingerprint density at radius 1 is 1.50 bits per heavy atom. The van der Waals surface area contributed by atoms with E-state index in [-0.39, 0.29) is 0 Å². The molecule has 1 aromatic carbocycles. The minimum absolute atomic E-state index is 0.367. The summed E-state index contributed by atoms with van der Waals surface area (Å²) in [7, 11) is 1.58. The quantitative estimate of drug-likeness (QED) is 0.834. The number of nitrogens with one attached hydrogen (secondary N) is 1. The Morgan fingerprint density at radius 2 is 2.25 bits per heavy atom. The standard InChI is InChI=1S/C10H8BrClN2O2/c1-16-9-3-7-5(2-6(9)11)10(12)8(14-15)4-13-7/h2-4,14-15H,1H3. The van der Waals surface area contributed by atoms with Gasteiger partial charge in [-0.25, -0.2) is 0 Å². The van der Waals surface area contributed by atoms with Gasteiger partial charge in [-0.2, -0.15) is 0 Å². The van der Waals surface area contributed by atoms with Crippen molar-refractivity contribution >= 4 is 44.1 Å². The lowest BCUT2D eigenvalue weighted by atomic mass is 10.2. The maximum absolute atomic E-state index is 8.84. The van der Waals surface area contributed by atoms with Gasteiger partial charge in [0.25, 0.3) is 0 Å². The van der Waals surface area contributed by atoms with Gasteiger partial charge in [-0.15, -0.1) is 0 Å². The minimum Gasteiger partial charge on any atom is -0.495 e. The number of nitrogens with zero attached hydrogens (tertiary/aromatic N) is 1. The third-order valence-corrected chi connectivity index (χ3v) is 3.22. The minimum atomic E-state index is 0.367. The molecule has 2 N–H and O–H groups in total. The molecule has 16 heavy (non-hydrogen) atoms. The van der Waals surface area contributed by atoms with E-state index in [0.29, 0.717) is 22.0 Å². The zero-order chi connectivity index (χ0) is 11.7. The number of hydrogen-bond donors (Lipinski definition) is 2. The lowest BCUT2D eigenvalue weighted by Crippen LogP contribution is -1.93. The van der Waals surface area contributed by atoms with E-state index in [1.165, 1.54) is 6.20 Å². The number of anilines is 1. The molecule has 1 heterocycles. The molecule has 0 atom stereocenters. The van der Waals surface area contributed by atoms with Crippen LogP contribution in [0.15, 0.2) is 22.8 Å². The maximum Gasteiger partial charge on any atom is 0.135 e. The third kappa shape index (κ3) is 1.81. The van der Waals surface area contributed by atoms with Crippen molar-refractivity contribution in [2.75, 3.05) is 12.6 Å². The van der Waals surface area contributed by atoms with Crippen molar-refractivity contribution in [3.05, 3.63) is 27.8 Å². The van der Waals surface area contributed by atoms with E-state index in [1.54, 1.807) is 19.2 Å². The van der Waals surface area contributed by atoms with Crippen LogP contribution in [0.25, 0.3) is 10.9 Å². The fourth-order valence-corrected chi connectivity index (χ4v) is 2.14. The van der Waals surface area contributed by atoms with Gasteiger partial charge < -0.3 is 4.74 Å². The van der Waals surface area contributed by atoms with E-state index >= 15 is 0 Å². The lowest BCUT2D eigenvalue weighted by molar-refractivity contribution is 0.389. The van der Waals surface area contributed by atoms with Crippen molar-refractivity contribution in [2.45, 2.75) is 0 Å². The molecule has 0 saturated carbocycles. The summed E-state index contributed by atoms with van der Waals surface area (Å²) < 4.78 is 5.93. The van der Waals surface area contributed by atoms with Crippen LogP contribution in [-0.2, 0) is 0 Å². The van der Waals surface area contributed by atoms with Gasteiger partial charge in [0.2, 0.25) is 0 Å².